The zero-order valence-corrected chi connectivity index (χ0v) is 14.4. The van der Waals surface area contributed by atoms with Crippen LogP contribution in [0.4, 0.5) is 0 Å². The molecular formula is C17H22N4O2S. The number of carbonyl (C=O) groups excluding carboxylic acids is 1. The molecule has 6 nitrogen and oxygen atoms in total. The van der Waals surface area contributed by atoms with Crippen molar-refractivity contribution in [3.8, 4) is 0 Å². The van der Waals surface area contributed by atoms with Gasteiger partial charge in [0.05, 0.1) is 11.7 Å². The van der Waals surface area contributed by atoms with Gasteiger partial charge in [-0.05, 0) is 37.3 Å². The predicted octanol–water partition coefficient (Wildman–Crippen LogP) is 1.59. The number of fused-ring (bicyclic) bond motifs is 2. The summed E-state index contributed by atoms with van der Waals surface area (Å²) in [5.41, 5.74) is -0.0617. The Hall–Kier alpha value is -1.73. The molecule has 4 heterocycles. The van der Waals surface area contributed by atoms with E-state index in [1.54, 1.807) is 12.4 Å². The highest BCUT2D eigenvalue weighted by Gasteiger charge is 2.35. The van der Waals surface area contributed by atoms with E-state index in [2.05, 4.69) is 15.2 Å². The number of rotatable bonds is 4. The summed E-state index contributed by atoms with van der Waals surface area (Å²) in [6, 6.07) is 2.57. The van der Waals surface area contributed by atoms with Crippen molar-refractivity contribution in [2.75, 3.05) is 13.1 Å². The molecule has 128 valence electrons. The molecule has 0 unspecified atom stereocenters. The molecule has 2 aromatic rings. The van der Waals surface area contributed by atoms with Crippen LogP contribution >= 0.6 is 11.3 Å². The summed E-state index contributed by atoms with van der Waals surface area (Å²) in [6.07, 6.45) is 6.63. The normalized spacial score (nSPS) is 24.2. The molecule has 1 amide bonds. The zero-order chi connectivity index (χ0) is 16.5. The van der Waals surface area contributed by atoms with Crippen LogP contribution in [0.2, 0.25) is 0 Å². The molecule has 2 aliphatic rings. The molecule has 0 saturated carbocycles. The van der Waals surface area contributed by atoms with E-state index in [0.717, 1.165) is 17.8 Å². The van der Waals surface area contributed by atoms with Crippen LogP contribution in [-0.2, 0) is 11.3 Å². The molecule has 1 N–H and O–H groups in total. The van der Waals surface area contributed by atoms with Crippen LogP contribution in [0.15, 0.2) is 22.6 Å². The first kappa shape index (κ1) is 15.8. The van der Waals surface area contributed by atoms with Gasteiger partial charge in [0, 0.05) is 31.6 Å². The van der Waals surface area contributed by atoms with Gasteiger partial charge < -0.3 is 5.32 Å². The fourth-order valence-electron chi connectivity index (χ4n) is 3.97. The molecule has 0 bridgehead atoms. The van der Waals surface area contributed by atoms with E-state index >= 15 is 0 Å². The van der Waals surface area contributed by atoms with Crippen LogP contribution in [0.1, 0.15) is 32.1 Å². The number of amides is 1. The van der Waals surface area contributed by atoms with Gasteiger partial charge >= 0.3 is 0 Å². The molecule has 24 heavy (non-hydrogen) atoms. The summed E-state index contributed by atoms with van der Waals surface area (Å²) in [4.78, 5) is 32.2. The van der Waals surface area contributed by atoms with E-state index in [9.17, 15) is 9.59 Å². The summed E-state index contributed by atoms with van der Waals surface area (Å²) >= 11 is 1.46. The van der Waals surface area contributed by atoms with E-state index < -0.39 is 0 Å². The first-order valence-electron chi connectivity index (χ1n) is 8.68. The van der Waals surface area contributed by atoms with Gasteiger partial charge in [0.25, 0.3) is 5.56 Å². The second-order valence-electron chi connectivity index (χ2n) is 6.69. The number of nitrogens with one attached hydrogen (secondary N) is 1. The van der Waals surface area contributed by atoms with E-state index in [1.165, 1.54) is 41.7 Å². The van der Waals surface area contributed by atoms with Crippen LogP contribution in [0, 0.1) is 0 Å². The number of carbonyl (C=O) groups is 1. The molecule has 4 rings (SSSR count). The maximum Gasteiger partial charge on any atom is 0.262 e. The van der Waals surface area contributed by atoms with Crippen LogP contribution in [0.25, 0.3) is 10.2 Å². The number of hydrogen-bond donors (Lipinski definition) is 1. The van der Waals surface area contributed by atoms with Gasteiger partial charge in [0.15, 0.2) is 0 Å². The monoisotopic (exact) mass is 346 g/mol. The Balaban J connectivity index is 1.36. The van der Waals surface area contributed by atoms with Crippen LogP contribution < -0.4 is 10.9 Å². The fourth-order valence-corrected chi connectivity index (χ4v) is 4.69. The first-order chi connectivity index (χ1) is 11.7. The van der Waals surface area contributed by atoms with Crippen molar-refractivity contribution < 1.29 is 4.79 Å². The van der Waals surface area contributed by atoms with Crippen molar-refractivity contribution in [3.63, 3.8) is 0 Å². The molecular weight excluding hydrogens is 324 g/mol. The van der Waals surface area contributed by atoms with Gasteiger partial charge in [-0.25, -0.2) is 4.98 Å². The minimum absolute atomic E-state index is 0.0322. The number of hydrogen-bond acceptors (Lipinski definition) is 5. The maximum absolute atomic E-state index is 12.3. The standard InChI is InChI=1S/C17H22N4O2S/c22-15(19-13-4-8-20-7-2-1-3-14(13)20)5-9-21-11-18-16-12(17(21)23)6-10-24-16/h6,10-11,13-14H,1-5,7-9H2,(H,19,22)/t13-,14-/m0/s1. The molecule has 7 heteroatoms. The second kappa shape index (κ2) is 6.64. The highest BCUT2D eigenvalue weighted by Crippen LogP contribution is 2.27. The predicted molar refractivity (Wildman–Crippen MR) is 94.3 cm³/mol. The van der Waals surface area contributed by atoms with Crippen LogP contribution in [0.3, 0.4) is 0 Å². The maximum atomic E-state index is 12.3. The molecule has 2 aliphatic heterocycles. The van der Waals surface area contributed by atoms with E-state index in [1.807, 2.05) is 5.38 Å². The molecule has 0 aliphatic carbocycles. The summed E-state index contributed by atoms with van der Waals surface area (Å²) < 4.78 is 1.54. The molecule has 0 spiro atoms. The largest absolute Gasteiger partial charge is 0.352 e. The third-order valence-electron chi connectivity index (χ3n) is 5.23. The lowest BCUT2D eigenvalue weighted by atomic mass is 9.99. The average Bonchev–Trinajstić information content (AvgIpc) is 3.22. The topological polar surface area (TPSA) is 67.2 Å². The lowest BCUT2D eigenvalue weighted by Crippen LogP contribution is -2.47. The van der Waals surface area contributed by atoms with Gasteiger partial charge in [-0.3, -0.25) is 19.1 Å². The Morgan fingerprint density at radius 3 is 3.17 bits per heavy atom. The SMILES string of the molecule is O=C(CCn1cnc2sccc2c1=O)N[C@H]1CCN2CCCC[C@@H]12. The quantitative estimate of drug-likeness (QED) is 0.913. The zero-order valence-electron chi connectivity index (χ0n) is 13.6. The highest BCUT2D eigenvalue weighted by atomic mass is 32.1. The number of piperidine rings is 1. The first-order valence-corrected chi connectivity index (χ1v) is 9.56. The van der Waals surface area contributed by atoms with Crippen molar-refractivity contribution in [2.24, 2.45) is 0 Å². The van der Waals surface area contributed by atoms with Gasteiger partial charge in [0.2, 0.25) is 5.91 Å². The summed E-state index contributed by atoms with van der Waals surface area (Å²) in [6.45, 7) is 2.64. The summed E-state index contributed by atoms with van der Waals surface area (Å²) in [7, 11) is 0. The lowest BCUT2D eigenvalue weighted by molar-refractivity contribution is -0.122. The Morgan fingerprint density at radius 2 is 2.25 bits per heavy atom. The van der Waals surface area contributed by atoms with E-state index in [0.29, 0.717) is 24.4 Å². The van der Waals surface area contributed by atoms with Crippen molar-refractivity contribution in [1.82, 2.24) is 19.8 Å². The Kier molecular flexibility index (Phi) is 4.37. The number of aromatic nitrogens is 2. The third kappa shape index (κ3) is 2.98. The third-order valence-corrected chi connectivity index (χ3v) is 6.05. The van der Waals surface area contributed by atoms with Crippen LogP contribution in [-0.4, -0.2) is 45.5 Å². The number of aryl methyl sites for hydroxylation is 1. The van der Waals surface area contributed by atoms with Gasteiger partial charge in [-0.2, -0.15) is 0 Å². The average molecular weight is 346 g/mol. The van der Waals surface area contributed by atoms with Crippen LogP contribution in [0.5, 0.6) is 0 Å². The van der Waals surface area contributed by atoms with Gasteiger partial charge in [-0.1, -0.05) is 6.42 Å². The summed E-state index contributed by atoms with van der Waals surface area (Å²) in [5.74, 6) is 0.0322. The summed E-state index contributed by atoms with van der Waals surface area (Å²) in [5, 5.41) is 5.69. The van der Waals surface area contributed by atoms with Gasteiger partial charge in [0.1, 0.15) is 4.83 Å². The Morgan fingerprint density at radius 1 is 1.33 bits per heavy atom. The minimum atomic E-state index is -0.0617. The highest BCUT2D eigenvalue weighted by molar-refractivity contribution is 7.16. The van der Waals surface area contributed by atoms with E-state index in [-0.39, 0.29) is 17.5 Å². The Labute approximate surface area is 144 Å². The molecule has 0 radical (unpaired) electrons. The Bertz CT molecular complexity index is 799. The van der Waals surface area contributed by atoms with E-state index in [4.69, 9.17) is 0 Å². The fraction of sp³-hybridized carbons (Fsp3) is 0.588. The second-order valence-corrected chi connectivity index (χ2v) is 7.59. The minimum Gasteiger partial charge on any atom is -0.352 e. The van der Waals surface area contributed by atoms with Crippen molar-refractivity contribution in [2.45, 2.75) is 50.7 Å². The number of nitrogens with zero attached hydrogens (tertiary/aromatic N) is 3. The number of thiophene rings is 1. The molecule has 2 saturated heterocycles. The van der Waals surface area contributed by atoms with Crippen molar-refractivity contribution >= 4 is 27.5 Å². The molecule has 2 aromatic heterocycles. The molecule has 0 aromatic carbocycles. The van der Waals surface area contributed by atoms with Crippen molar-refractivity contribution in [1.29, 1.82) is 0 Å². The van der Waals surface area contributed by atoms with Crippen molar-refractivity contribution in [3.05, 3.63) is 28.1 Å². The molecule has 2 atom stereocenters. The smallest absolute Gasteiger partial charge is 0.262 e. The molecule has 2 fully saturated rings. The van der Waals surface area contributed by atoms with Gasteiger partial charge in [-0.15, -0.1) is 11.3 Å². The lowest BCUT2D eigenvalue weighted by Gasteiger charge is -2.32.